The summed E-state index contributed by atoms with van der Waals surface area (Å²) >= 11 is 0. The van der Waals surface area contributed by atoms with E-state index in [2.05, 4.69) is 0 Å². The maximum atomic E-state index is 13.3. The first kappa shape index (κ1) is 16.5. The Hall–Kier alpha value is -2.95. The summed E-state index contributed by atoms with van der Waals surface area (Å²) in [5.74, 6) is -1.09. The molecule has 26 heavy (non-hydrogen) atoms. The van der Waals surface area contributed by atoms with Crippen molar-refractivity contribution in [2.24, 2.45) is 0 Å². The lowest BCUT2D eigenvalue weighted by atomic mass is 10.0. The Morgan fingerprint density at radius 1 is 0.769 bits per heavy atom. The molecule has 2 aromatic carbocycles. The normalized spacial score (nSPS) is 18.0. The molecule has 0 aromatic heterocycles. The lowest BCUT2D eigenvalue weighted by Crippen LogP contribution is -2.37. The number of imide groups is 1. The number of carbonyl (C=O) groups is 2. The molecule has 0 saturated carbocycles. The molecule has 0 radical (unpaired) electrons. The van der Waals surface area contributed by atoms with Gasteiger partial charge < -0.3 is 4.90 Å². The Labute approximate surface area is 151 Å². The van der Waals surface area contributed by atoms with Gasteiger partial charge in [0.25, 0.3) is 11.8 Å². The Bertz CT molecular complexity index is 869. The fraction of sp³-hybridized carbons (Fsp3) is 0.238. The monoisotopic (exact) mass is 350 g/mol. The molecule has 132 valence electrons. The van der Waals surface area contributed by atoms with Crippen LogP contribution in [0.5, 0.6) is 0 Å². The number of piperidine rings is 1. The third-order valence-electron chi connectivity index (χ3n) is 4.88. The molecule has 0 N–H and O–H groups in total. The standard InChI is InChI=1S/C21H19FN2O2/c22-16-9-11-17(12-10-16)24-20(25)18(15-7-3-1-4-8-15)19(21(24)26)23-13-5-2-6-14-23/h1,3-4,7-12H,2,5-6,13-14H2. The molecule has 2 aliphatic heterocycles. The van der Waals surface area contributed by atoms with E-state index in [1.54, 1.807) is 0 Å². The zero-order valence-electron chi connectivity index (χ0n) is 14.3. The van der Waals surface area contributed by atoms with Crippen molar-refractivity contribution in [2.45, 2.75) is 19.3 Å². The number of nitrogens with zero attached hydrogens (tertiary/aromatic N) is 2. The molecule has 5 heteroatoms. The van der Waals surface area contributed by atoms with Crippen LogP contribution in [0.3, 0.4) is 0 Å². The Kier molecular flexibility index (Phi) is 4.29. The second-order valence-corrected chi connectivity index (χ2v) is 6.56. The van der Waals surface area contributed by atoms with Crippen LogP contribution in [0.15, 0.2) is 60.3 Å². The summed E-state index contributed by atoms with van der Waals surface area (Å²) < 4.78 is 13.3. The summed E-state index contributed by atoms with van der Waals surface area (Å²) in [7, 11) is 0. The second-order valence-electron chi connectivity index (χ2n) is 6.56. The van der Waals surface area contributed by atoms with Gasteiger partial charge in [-0.2, -0.15) is 0 Å². The molecule has 1 saturated heterocycles. The van der Waals surface area contributed by atoms with Gasteiger partial charge in [-0.25, -0.2) is 9.29 Å². The summed E-state index contributed by atoms with van der Waals surface area (Å²) in [6.07, 6.45) is 3.14. The van der Waals surface area contributed by atoms with Crippen LogP contribution < -0.4 is 4.90 Å². The summed E-state index contributed by atoms with van der Waals surface area (Å²) in [5, 5.41) is 0. The molecular formula is C21H19FN2O2. The molecule has 0 aliphatic carbocycles. The van der Waals surface area contributed by atoms with Gasteiger partial charge in [0.15, 0.2) is 0 Å². The first-order chi connectivity index (χ1) is 12.7. The van der Waals surface area contributed by atoms with E-state index in [0.29, 0.717) is 17.0 Å². The van der Waals surface area contributed by atoms with Crippen molar-refractivity contribution < 1.29 is 14.0 Å². The lowest BCUT2D eigenvalue weighted by Gasteiger charge is -2.29. The van der Waals surface area contributed by atoms with Crippen molar-refractivity contribution in [2.75, 3.05) is 18.0 Å². The van der Waals surface area contributed by atoms with E-state index >= 15 is 0 Å². The third kappa shape index (κ3) is 2.79. The van der Waals surface area contributed by atoms with Crippen LogP contribution in [0.25, 0.3) is 5.57 Å². The smallest absolute Gasteiger partial charge is 0.282 e. The Morgan fingerprint density at radius 3 is 2.08 bits per heavy atom. The summed E-state index contributed by atoms with van der Waals surface area (Å²) in [5.41, 5.74) is 2.02. The third-order valence-corrected chi connectivity index (χ3v) is 4.88. The van der Waals surface area contributed by atoms with E-state index in [-0.39, 0.29) is 11.8 Å². The van der Waals surface area contributed by atoms with Crippen molar-refractivity contribution in [3.8, 4) is 0 Å². The van der Waals surface area contributed by atoms with Crippen molar-refractivity contribution in [3.63, 3.8) is 0 Å². The minimum absolute atomic E-state index is 0.331. The van der Waals surface area contributed by atoms with Gasteiger partial charge in [0.05, 0.1) is 11.3 Å². The predicted octanol–water partition coefficient (Wildman–Crippen LogP) is 3.60. The van der Waals surface area contributed by atoms with E-state index in [1.165, 1.54) is 24.3 Å². The number of likely N-dealkylation sites (tertiary alicyclic amines) is 1. The highest BCUT2D eigenvalue weighted by atomic mass is 19.1. The van der Waals surface area contributed by atoms with Crippen LogP contribution >= 0.6 is 0 Å². The van der Waals surface area contributed by atoms with Gasteiger partial charge in [-0.05, 0) is 49.1 Å². The maximum Gasteiger partial charge on any atom is 0.282 e. The number of rotatable bonds is 3. The summed E-state index contributed by atoms with van der Waals surface area (Å²) in [4.78, 5) is 29.6. The van der Waals surface area contributed by atoms with Gasteiger partial charge in [-0.15, -0.1) is 0 Å². The van der Waals surface area contributed by atoms with Gasteiger partial charge in [0.2, 0.25) is 0 Å². The van der Waals surface area contributed by atoms with Crippen LogP contribution in [-0.2, 0) is 9.59 Å². The highest BCUT2D eigenvalue weighted by Crippen LogP contribution is 2.35. The topological polar surface area (TPSA) is 40.6 Å². The Balaban J connectivity index is 1.81. The number of amides is 2. The zero-order valence-corrected chi connectivity index (χ0v) is 14.3. The first-order valence-electron chi connectivity index (χ1n) is 8.86. The van der Waals surface area contributed by atoms with Crippen molar-refractivity contribution in [1.82, 2.24) is 4.90 Å². The van der Waals surface area contributed by atoms with E-state index in [9.17, 15) is 14.0 Å². The Morgan fingerprint density at radius 2 is 1.42 bits per heavy atom. The van der Waals surface area contributed by atoms with Crippen LogP contribution in [-0.4, -0.2) is 29.8 Å². The molecule has 4 nitrogen and oxygen atoms in total. The van der Waals surface area contributed by atoms with Crippen LogP contribution in [0, 0.1) is 5.82 Å². The largest absolute Gasteiger partial charge is 0.366 e. The van der Waals surface area contributed by atoms with Crippen LogP contribution in [0.4, 0.5) is 10.1 Å². The van der Waals surface area contributed by atoms with Crippen LogP contribution in [0.2, 0.25) is 0 Å². The van der Waals surface area contributed by atoms with Gasteiger partial charge in [-0.1, -0.05) is 30.3 Å². The zero-order chi connectivity index (χ0) is 18.1. The quantitative estimate of drug-likeness (QED) is 0.794. The maximum absolute atomic E-state index is 13.3. The average Bonchev–Trinajstić information content (AvgIpc) is 2.94. The fourth-order valence-corrected chi connectivity index (χ4v) is 3.62. The van der Waals surface area contributed by atoms with Gasteiger partial charge in [-0.3, -0.25) is 9.59 Å². The average molecular weight is 350 g/mol. The van der Waals surface area contributed by atoms with Crippen molar-refractivity contribution in [1.29, 1.82) is 0 Å². The molecule has 2 aromatic rings. The number of carbonyl (C=O) groups excluding carboxylic acids is 2. The highest BCUT2D eigenvalue weighted by molar-refractivity contribution is 6.45. The van der Waals surface area contributed by atoms with E-state index < -0.39 is 5.82 Å². The molecule has 2 aliphatic rings. The summed E-state index contributed by atoms with van der Waals surface area (Å²) in [6, 6.07) is 14.7. The minimum Gasteiger partial charge on any atom is -0.366 e. The van der Waals surface area contributed by atoms with E-state index in [1.807, 2.05) is 35.2 Å². The van der Waals surface area contributed by atoms with Crippen molar-refractivity contribution in [3.05, 3.63) is 71.7 Å². The molecule has 0 unspecified atom stereocenters. The molecule has 0 atom stereocenters. The van der Waals surface area contributed by atoms with Gasteiger partial charge >= 0.3 is 0 Å². The molecule has 4 rings (SSSR count). The lowest BCUT2D eigenvalue weighted by molar-refractivity contribution is -0.120. The molecule has 2 amide bonds. The van der Waals surface area contributed by atoms with E-state index in [4.69, 9.17) is 0 Å². The number of halogens is 1. The van der Waals surface area contributed by atoms with E-state index in [0.717, 1.165) is 42.8 Å². The molecule has 2 heterocycles. The number of benzene rings is 2. The molecule has 0 bridgehead atoms. The second kappa shape index (κ2) is 6.75. The molecule has 0 spiro atoms. The SMILES string of the molecule is O=C1C(c2ccccc2)=C(N2CCCCC2)C(=O)N1c1ccc(F)cc1. The van der Waals surface area contributed by atoms with Gasteiger partial charge in [0.1, 0.15) is 11.5 Å². The highest BCUT2D eigenvalue weighted by Gasteiger charge is 2.42. The van der Waals surface area contributed by atoms with Crippen LogP contribution in [0.1, 0.15) is 24.8 Å². The minimum atomic E-state index is -0.402. The molecular weight excluding hydrogens is 331 g/mol. The number of hydrogen-bond acceptors (Lipinski definition) is 3. The fourth-order valence-electron chi connectivity index (χ4n) is 3.62. The predicted molar refractivity (Wildman–Crippen MR) is 97.7 cm³/mol. The number of anilines is 1. The van der Waals surface area contributed by atoms with Crippen molar-refractivity contribution >= 4 is 23.1 Å². The number of hydrogen-bond donors (Lipinski definition) is 0. The first-order valence-corrected chi connectivity index (χ1v) is 8.86. The molecule has 1 fully saturated rings. The summed E-state index contributed by atoms with van der Waals surface area (Å²) in [6.45, 7) is 1.53. The van der Waals surface area contributed by atoms with Gasteiger partial charge in [0, 0.05) is 13.1 Å².